The highest BCUT2D eigenvalue weighted by Gasteiger charge is 2.01. The van der Waals surface area contributed by atoms with Crippen LogP contribution in [0.1, 0.15) is 37.6 Å². The molecule has 0 saturated carbocycles. The highest BCUT2D eigenvalue weighted by atomic mass is 14.8. The fraction of sp³-hybridized carbons (Fsp3) is 0.385. The van der Waals surface area contributed by atoms with Crippen LogP contribution in [0.15, 0.2) is 6.08 Å². The van der Waals surface area contributed by atoms with Gasteiger partial charge in [0.2, 0.25) is 0 Å². The van der Waals surface area contributed by atoms with Crippen molar-refractivity contribution in [1.29, 1.82) is 0 Å². The third-order valence-electron chi connectivity index (χ3n) is 2.52. The number of fused-ring (bicyclic) bond motifs is 1. The highest BCUT2D eigenvalue weighted by molar-refractivity contribution is 5.47. The molecule has 1 aromatic rings. The molecule has 1 heterocycles. The van der Waals surface area contributed by atoms with Crippen molar-refractivity contribution in [1.82, 2.24) is 9.97 Å². The molecule has 2 rings (SSSR count). The van der Waals surface area contributed by atoms with Crippen LogP contribution in [-0.4, -0.2) is 9.97 Å². The summed E-state index contributed by atoms with van der Waals surface area (Å²) in [6.45, 7) is 4.14. The fourth-order valence-electron chi connectivity index (χ4n) is 1.69. The number of rotatable bonds is 2. The summed E-state index contributed by atoms with van der Waals surface area (Å²) in [7, 11) is 0. The van der Waals surface area contributed by atoms with Gasteiger partial charge in [-0.2, -0.15) is 0 Å². The molecule has 1 aromatic heterocycles. The summed E-state index contributed by atoms with van der Waals surface area (Å²) in [5, 5.41) is 2.09. The first-order chi connectivity index (χ1) is 7.31. The minimum absolute atomic E-state index is 1.00. The van der Waals surface area contributed by atoms with Gasteiger partial charge in [0.25, 0.3) is 0 Å². The van der Waals surface area contributed by atoms with Gasteiger partial charge in [0.15, 0.2) is 0 Å². The predicted octanol–water partition coefficient (Wildman–Crippen LogP) is 1.56. The van der Waals surface area contributed by atoms with E-state index in [2.05, 4.69) is 41.2 Å². The van der Waals surface area contributed by atoms with Crippen LogP contribution >= 0.6 is 0 Å². The van der Waals surface area contributed by atoms with Crippen molar-refractivity contribution >= 4 is 18.2 Å². The number of aryl methyl sites for hydroxylation is 1. The Hall–Kier alpha value is -1.44. The molecule has 0 atom stereocenters. The van der Waals surface area contributed by atoms with E-state index in [0.29, 0.717) is 0 Å². The van der Waals surface area contributed by atoms with E-state index in [0.717, 1.165) is 41.3 Å². The number of allylic oxidation sites excluding steroid dienone is 1. The molecule has 0 bridgehead atoms. The lowest BCUT2D eigenvalue weighted by molar-refractivity contribution is 0.977. The second kappa shape index (κ2) is 4.39. The van der Waals surface area contributed by atoms with Crippen LogP contribution in [0.25, 0.3) is 18.2 Å². The normalized spacial score (nSPS) is 14.5. The van der Waals surface area contributed by atoms with Crippen LogP contribution in [0.5, 0.6) is 0 Å². The molecule has 0 N–H and O–H groups in total. The Morgan fingerprint density at radius 2 is 1.87 bits per heavy atom. The molecule has 0 saturated heterocycles. The van der Waals surface area contributed by atoms with E-state index >= 15 is 0 Å². The Labute approximate surface area is 90.1 Å². The molecule has 1 aliphatic rings. The number of aromatic nitrogens is 2. The highest BCUT2D eigenvalue weighted by Crippen LogP contribution is 2.01. The minimum atomic E-state index is 1.00. The average molecular weight is 200 g/mol. The molecule has 0 fully saturated rings. The largest absolute Gasteiger partial charge is 0.250 e. The van der Waals surface area contributed by atoms with Gasteiger partial charge in [-0.1, -0.05) is 25.2 Å². The molecular weight excluding hydrogens is 184 g/mol. The standard InChI is InChI=1S/C13H16N2/c1-3-4-7-11-10(2)14-12-8-5-6-9-13(12)15-11/h4,7-9H,3,5-6H2,1-2H3/b7-4+. The summed E-state index contributed by atoms with van der Waals surface area (Å²) >= 11 is 0. The first-order valence-corrected chi connectivity index (χ1v) is 5.53. The molecule has 0 amide bonds. The van der Waals surface area contributed by atoms with Gasteiger partial charge in [0.05, 0.1) is 22.1 Å². The Kier molecular flexibility index (Phi) is 2.95. The van der Waals surface area contributed by atoms with E-state index < -0.39 is 0 Å². The van der Waals surface area contributed by atoms with Gasteiger partial charge in [-0.05, 0) is 32.3 Å². The van der Waals surface area contributed by atoms with Crippen LogP contribution in [0.3, 0.4) is 0 Å². The lowest BCUT2D eigenvalue weighted by atomic mass is 10.2. The SMILES string of the molecule is CC/C=C/c1nc2c(nc1C)=CCCC=2. The molecule has 1 aliphatic carbocycles. The molecule has 0 aliphatic heterocycles. The molecule has 0 unspecified atom stereocenters. The van der Waals surface area contributed by atoms with Crippen molar-refractivity contribution < 1.29 is 0 Å². The summed E-state index contributed by atoms with van der Waals surface area (Å²) in [6, 6.07) is 0. The van der Waals surface area contributed by atoms with Crippen LogP contribution in [0.4, 0.5) is 0 Å². The average Bonchev–Trinajstić information content (AvgIpc) is 2.26. The van der Waals surface area contributed by atoms with Crippen molar-refractivity contribution in [3.8, 4) is 0 Å². The molecule has 2 nitrogen and oxygen atoms in total. The Bertz CT molecular complexity index is 498. The predicted molar refractivity (Wildman–Crippen MR) is 63.5 cm³/mol. The first kappa shape index (κ1) is 10.1. The van der Waals surface area contributed by atoms with Gasteiger partial charge in [-0.3, -0.25) is 0 Å². The first-order valence-electron chi connectivity index (χ1n) is 5.53. The Morgan fingerprint density at radius 1 is 1.20 bits per heavy atom. The number of nitrogens with zero attached hydrogens (tertiary/aromatic N) is 2. The molecule has 78 valence electrons. The van der Waals surface area contributed by atoms with Crippen LogP contribution in [0.2, 0.25) is 0 Å². The summed E-state index contributed by atoms with van der Waals surface area (Å²) in [4.78, 5) is 9.18. The van der Waals surface area contributed by atoms with E-state index in [1.54, 1.807) is 0 Å². The second-order valence-corrected chi connectivity index (χ2v) is 3.76. The second-order valence-electron chi connectivity index (χ2n) is 3.76. The summed E-state index contributed by atoms with van der Waals surface area (Å²) in [5.74, 6) is 0. The van der Waals surface area contributed by atoms with Gasteiger partial charge >= 0.3 is 0 Å². The zero-order valence-electron chi connectivity index (χ0n) is 9.33. The Balaban J connectivity index is 2.56. The summed E-state index contributed by atoms with van der Waals surface area (Å²) in [6.07, 6.45) is 11.7. The maximum atomic E-state index is 4.61. The van der Waals surface area contributed by atoms with Gasteiger partial charge in [0, 0.05) is 0 Å². The van der Waals surface area contributed by atoms with Gasteiger partial charge in [-0.25, -0.2) is 9.97 Å². The van der Waals surface area contributed by atoms with Crippen molar-refractivity contribution in [2.24, 2.45) is 0 Å². The van der Waals surface area contributed by atoms with Crippen molar-refractivity contribution in [3.63, 3.8) is 0 Å². The maximum Gasteiger partial charge on any atom is 0.0851 e. The summed E-state index contributed by atoms with van der Waals surface area (Å²) < 4.78 is 0. The molecule has 2 heteroatoms. The molecule has 0 spiro atoms. The zero-order valence-corrected chi connectivity index (χ0v) is 9.33. The number of hydrogen-bond acceptors (Lipinski definition) is 2. The third kappa shape index (κ3) is 2.14. The lowest BCUT2D eigenvalue weighted by Crippen LogP contribution is -2.34. The zero-order chi connectivity index (χ0) is 10.7. The van der Waals surface area contributed by atoms with E-state index in [-0.39, 0.29) is 0 Å². The molecule has 15 heavy (non-hydrogen) atoms. The molecular formula is C13H16N2. The van der Waals surface area contributed by atoms with E-state index in [9.17, 15) is 0 Å². The van der Waals surface area contributed by atoms with Crippen LogP contribution in [-0.2, 0) is 0 Å². The topological polar surface area (TPSA) is 25.8 Å². The minimum Gasteiger partial charge on any atom is -0.250 e. The molecule has 0 aromatic carbocycles. The van der Waals surface area contributed by atoms with Crippen molar-refractivity contribution in [2.45, 2.75) is 33.1 Å². The van der Waals surface area contributed by atoms with E-state index in [1.807, 2.05) is 6.92 Å². The van der Waals surface area contributed by atoms with Gasteiger partial charge in [-0.15, -0.1) is 0 Å². The van der Waals surface area contributed by atoms with Crippen molar-refractivity contribution in [2.75, 3.05) is 0 Å². The summed E-state index contributed by atoms with van der Waals surface area (Å²) in [5.41, 5.74) is 2.02. The maximum absolute atomic E-state index is 4.61. The smallest absolute Gasteiger partial charge is 0.0851 e. The van der Waals surface area contributed by atoms with Gasteiger partial charge < -0.3 is 0 Å². The Morgan fingerprint density at radius 3 is 2.53 bits per heavy atom. The number of hydrogen-bond donors (Lipinski definition) is 0. The van der Waals surface area contributed by atoms with Gasteiger partial charge in [0.1, 0.15) is 0 Å². The van der Waals surface area contributed by atoms with Crippen molar-refractivity contribution in [3.05, 3.63) is 28.2 Å². The lowest BCUT2D eigenvalue weighted by Gasteiger charge is -2.03. The fourth-order valence-corrected chi connectivity index (χ4v) is 1.69. The monoisotopic (exact) mass is 200 g/mol. The quantitative estimate of drug-likeness (QED) is 0.724. The molecule has 0 radical (unpaired) electrons. The van der Waals surface area contributed by atoms with Crippen LogP contribution < -0.4 is 10.7 Å². The third-order valence-corrected chi connectivity index (χ3v) is 2.52. The van der Waals surface area contributed by atoms with E-state index in [4.69, 9.17) is 0 Å². The van der Waals surface area contributed by atoms with E-state index in [1.165, 1.54) is 0 Å². The van der Waals surface area contributed by atoms with Crippen LogP contribution in [0, 0.1) is 6.92 Å².